The van der Waals surface area contributed by atoms with Crippen LogP contribution in [-0.2, 0) is 14.3 Å². The average Bonchev–Trinajstić information content (AvgIpc) is 2.29. The molecule has 1 heterocycles. The summed E-state index contributed by atoms with van der Waals surface area (Å²) in [5.74, 6) is 1.72. The van der Waals surface area contributed by atoms with Gasteiger partial charge in [-0.1, -0.05) is 0 Å². The molecule has 0 aromatic heterocycles. The first kappa shape index (κ1) is 16.1. The quantitative estimate of drug-likeness (QED) is 0.807. The van der Waals surface area contributed by atoms with Crippen LogP contribution in [-0.4, -0.2) is 42.3 Å². The van der Waals surface area contributed by atoms with Crippen molar-refractivity contribution in [1.29, 1.82) is 0 Å². The zero-order valence-corrected chi connectivity index (χ0v) is 12.8. The van der Waals surface area contributed by atoms with Crippen molar-refractivity contribution >= 4 is 23.8 Å². The van der Waals surface area contributed by atoms with E-state index in [1.807, 2.05) is 20.8 Å². The molecule has 110 valence electrons. The molecule has 0 aromatic rings. The Morgan fingerprint density at radius 2 is 2.05 bits per heavy atom. The maximum absolute atomic E-state index is 11.8. The summed E-state index contributed by atoms with van der Waals surface area (Å²) in [5, 5.41) is 2.87. The van der Waals surface area contributed by atoms with E-state index in [0.29, 0.717) is 6.42 Å². The number of hydrogen-bond donors (Lipinski definition) is 1. The zero-order valence-electron chi connectivity index (χ0n) is 12.0. The molecule has 19 heavy (non-hydrogen) atoms. The summed E-state index contributed by atoms with van der Waals surface area (Å²) in [4.78, 5) is 23.1. The standard InChI is InChI=1S/C13H23NO4S/c1-13(2,3)18-12(16)14-10-5-6-19-8-9(10)7-11(15)17-4/h9-10H,5-8H2,1-4H3,(H,14,16)/t9-,10-/m1/s1. The Balaban J connectivity index is 2.52. The van der Waals surface area contributed by atoms with Crippen molar-refractivity contribution in [3.8, 4) is 0 Å². The molecule has 0 spiro atoms. The number of esters is 1. The van der Waals surface area contributed by atoms with Crippen LogP contribution in [0.3, 0.4) is 0 Å². The Morgan fingerprint density at radius 1 is 1.37 bits per heavy atom. The maximum Gasteiger partial charge on any atom is 0.407 e. The molecule has 5 nitrogen and oxygen atoms in total. The van der Waals surface area contributed by atoms with E-state index in [9.17, 15) is 9.59 Å². The summed E-state index contributed by atoms with van der Waals surface area (Å²) in [6.07, 6.45) is 0.773. The number of alkyl carbamates (subject to hydrolysis) is 1. The lowest BCUT2D eigenvalue weighted by Gasteiger charge is -2.32. The van der Waals surface area contributed by atoms with Gasteiger partial charge in [-0.3, -0.25) is 4.79 Å². The fourth-order valence-corrected chi connectivity index (χ4v) is 3.18. The van der Waals surface area contributed by atoms with E-state index < -0.39 is 11.7 Å². The molecular formula is C13H23NO4S. The van der Waals surface area contributed by atoms with E-state index in [2.05, 4.69) is 5.32 Å². The molecule has 1 aliphatic heterocycles. The molecule has 1 amide bonds. The van der Waals surface area contributed by atoms with E-state index in [1.54, 1.807) is 11.8 Å². The van der Waals surface area contributed by atoms with Crippen LogP contribution in [0.25, 0.3) is 0 Å². The Kier molecular flexibility index (Phi) is 5.97. The van der Waals surface area contributed by atoms with Gasteiger partial charge in [0.2, 0.25) is 0 Å². The number of thioether (sulfide) groups is 1. The Hall–Kier alpha value is -0.910. The number of methoxy groups -OCH3 is 1. The second kappa shape index (κ2) is 7.03. The van der Waals surface area contributed by atoms with Crippen LogP contribution in [0.2, 0.25) is 0 Å². The fourth-order valence-electron chi connectivity index (χ4n) is 1.94. The minimum atomic E-state index is -0.509. The first-order chi connectivity index (χ1) is 8.81. The highest BCUT2D eigenvalue weighted by molar-refractivity contribution is 7.99. The van der Waals surface area contributed by atoms with Gasteiger partial charge in [-0.05, 0) is 44.6 Å². The third-order valence-corrected chi connectivity index (χ3v) is 4.02. The summed E-state index contributed by atoms with van der Waals surface area (Å²) >= 11 is 1.80. The number of ether oxygens (including phenoxy) is 2. The number of hydrogen-bond acceptors (Lipinski definition) is 5. The predicted octanol–water partition coefficient (Wildman–Crippen LogP) is 2.20. The van der Waals surface area contributed by atoms with E-state index >= 15 is 0 Å². The highest BCUT2D eigenvalue weighted by Gasteiger charge is 2.30. The molecule has 2 atom stereocenters. The molecule has 1 fully saturated rings. The lowest BCUT2D eigenvalue weighted by Crippen LogP contribution is -2.46. The van der Waals surface area contributed by atoms with Gasteiger partial charge in [-0.2, -0.15) is 11.8 Å². The normalized spacial score (nSPS) is 23.6. The third kappa shape index (κ3) is 6.18. The average molecular weight is 289 g/mol. The van der Waals surface area contributed by atoms with Gasteiger partial charge in [0.25, 0.3) is 0 Å². The van der Waals surface area contributed by atoms with Gasteiger partial charge in [0.15, 0.2) is 0 Å². The van der Waals surface area contributed by atoms with Crippen LogP contribution < -0.4 is 5.32 Å². The summed E-state index contributed by atoms with van der Waals surface area (Å²) in [6.45, 7) is 5.49. The monoisotopic (exact) mass is 289 g/mol. The Labute approximate surface area is 118 Å². The molecule has 1 N–H and O–H groups in total. The summed E-state index contributed by atoms with van der Waals surface area (Å²) in [5.41, 5.74) is -0.509. The van der Waals surface area contributed by atoms with Gasteiger partial charge in [0.1, 0.15) is 5.60 Å². The minimum Gasteiger partial charge on any atom is -0.469 e. The van der Waals surface area contributed by atoms with E-state index in [0.717, 1.165) is 17.9 Å². The molecular weight excluding hydrogens is 266 g/mol. The zero-order chi connectivity index (χ0) is 14.5. The first-order valence-electron chi connectivity index (χ1n) is 6.46. The molecule has 0 bridgehead atoms. The molecule has 6 heteroatoms. The second-order valence-electron chi connectivity index (χ2n) is 5.66. The number of rotatable bonds is 3. The highest BCUT2D eigenvalue weighted by atomic mass is 32.2. The van der Waals surface area contributed by atoms with Crippen LogP contribution >= 0.6 is 11.8 Å². The van der Waals surface area contributed by atoms with Gasteiger partial charge in [0.05, 0.1) is 13.5 Å². The molecule has 0 saturated carbocycles. The largest absolute Gasteiger partial charge is 0.469 e. The minimum absolute atomic E-state index is 0.0183. The van der Waals surface area contributed by atoms with Crippen LogP contribution in [0.4, 0.5) is 4.79 Å². The van der Waals surface area contributed by atoms with Crippen molar-refractivity contribution in [2.24, 2.45) is 5.92 Å². The summed E-state index contributed by atoms with van der Waals surface area (Å²) in [7, 11) is 1.38. The first-order valence-corrected chi connectivity index (χ1v) is 7.61. The number of carbonyl (C=O) groups excluding carboxylic acids is 2. The number of carbonyl (C=O) groups is 2. The molecule has 1 rings (SSSR count). The van der Waals surface area contributed by atoms with E-state index in [4.69, 9.17) is 9.47 Å². The molecule has 0 aromatic carbocycles. The molecule has 0 radical (unpaired) electrons. The van der Waals surface area contributed by atoms with Crippen molar-refractivity contribution in [3.63, 3.8) is 0 Å². The third-order valence-electron chi connectivity index (χ3n) is 2.83. The lowest BCUT2D eigenvalue weighted by molar-refractivity contribution is -0.141. The van der Waals surface area contributed by atoms with Crippen molar-refractivity contribution < 1.29 is 19.1 Å². The van der Waals surface area contributed by atoms with E-state index in [1.165, 1.54) is 7.11 Å². The Morgan fingerprint density at radius 3 is 2.63 bits per heavy atom. The van der Waals surface area contributed by atoms with Crippen molar-refractivity contribution in [3.05, 3.63) is 0 Å². The van der Waals surface area contributed by atoms with Gasteiger partial charge in [-0.25, -0.2) is 4.79 Å². The SMILES string of the molecule is COC(=O)C[C@@H]1CSCC[C@H]1NC(=O)OC(C)(C)C. The Bertz CT molecular complexity index is 327. The van der Waals surface area contributed by atoms with Gasteiger partial charge in [0, 0.05) is 6.04 Å². The molecule has 0 aliphatic carbocycles. The van der Waals surface area contributed by atoms with Gasteiger partial charge < -0.3 is 14.8 Å². The van der Waals surface area contributed by atoms with Crippen LogP contribution in [0, 0.1) is 5.92 Å². The second-order valence-corrected chi connectivity index (χ2v) is 6.81. The molecule has 0 unspecified atom stereocenters. The van der Waals surface area contributed by atoms with Crippen LogP contribution in [0.15, 0.2) is 0 Å². The maximum atomic E-state index is 11.8. The topological polar surface area (TPSA) is 64.6 Å². The summed E-state index contributed by atoms with van der Waals surface area (Å²) < 4.78 is 9.94. The molecule has 1 aliphatic rings. The lowest BCUT2D eigenvalue weighted by atomic mass is 9.95. The summed E-state index contributed by atoms with van der Waals surface area (Å²) in [6, 6.07) is -0.0183. The van der Waals surface area contributed by atoms with Crippen molar-refractivity contribution in [2.45, 2.75) is 45.3 Å². The fraction of sp³-hybridized carbons (Fsp3) is 0.846. The number of amides is 1. The smallest absolute Gasteiger partial charge is 0.407 e. The number of nitrogens with one attached hydrogen (secondary N) is 1. The van der Waals surface area contributed by atoms with Crippen LogP contribution in [0.1, 0.15) is 33.6 Å². The predicted molar refractivity (Wildman–Crippen MR) is 75.2 cm³/mol. The van der Waals surface area contributed by atoms with Crippen LogP contribution in [0.5, 0.6) is 0 Å². The van der Waals surface area contributed by atoms with Crippen molar-refractivity contribution in [1.82, 2.24) is 5.32 Å². The molecule has 1 saturated heterocycles. The highest BCUT2D eigenvalue weighted by Crippen LogP contribution is 2.26. The van der Waals surface area contributed by atoms with Gasteiger partial charge in [-0.15, -0.1) is 0 Å². The van der Waals surface area contributed by atoms with Gasteiger partial charge >= 0.3 is 12.1 Å². The van der Waals surface area contributed by atoms with E-state index in [-0.39, 0.29) is 17.9 Å². The van der Waals surface area contributed by atoms with Crippen molar-refractivity contribution in [2.75, 3.05) is 18.6 Å².